The van der Waals surface area contributed by atoms with E-state index in [4.69, 9.17) is 4.74 Å². The standard InChI is InChI=1S/C25H23FN2O4/c1-3-21(32-19-11-9-18(26)10-12-19)23(29)22-16(2)20(15-27)24(30)28(25(22)31)14-13-17-7-5-4-6-8-17/h4-12,21,31H,3,13-14H2,1-2H3. The lowest BCUT2D eigenvalue weighted by Crippen LogP contribution is -2.32. The van der Waals surface area contributed by atoms with E-state index in [0.29, 0.717) is 12.2 Å². The maximum atomic E-state index is 13.3. The zero-order valence-corrected chi connectivity index (χ0v) is 17.8. The molecular weight excluding hydrogens is 411 g/mol. The van der Waals surface area contributed by atoms with Gasteiger partial charge in [-0.25, -0.2) is 4.39 Å². The first-order chi connectivity index (χ1) is 15.4. The van der Waals surface area contributed by atoms with Crippen molar-refractivity contribution in [2.24, 2.45) is 0 Å². The van der Waals surface area contributed by atoms with E-state index < -0.39 is 29.1 Å². The molecule has 0 aliphatic heterocycles. The van der Waals surface area contributed by atoms with Crippen molar-refractivity contribution in [3.05, 3.63) is 93.0 Å². The molecule has 0 spiro atoms. The van der Waals surface area contributed by atoms with Crippen molar-refractivity contribution in [2.45, 2.75) is 39.3 Å². The zero-order valence-electron chi connectivity index (χ0n) is 17.8. The fraction of sp³-hybridized carbons (Fsp3) is 0.240. The Kier molecular flexibility index (Phi) is 7.06. The number of hydrogen-bond donors (Lipinski definition) is 1. The predicted octanol–water partition coefficient (Wildman–Crippen LogP) is 4.16. The number of aromatic hydroxyl groups is 1. The molecule has 1 atom stereocenters. The number of halogens is 1. The minimum Gasteiger partial charge on any atom is -0.494 e. The molecule has 0 aliphatic carbocycles. The van der Waals surface area contributed by atoms with Gasteiger partial charge in [-0.15, -0.1) is 0 Å². The van der Waals surface area contributed by atoms with Crippen molar-refractivity contribution in [2.75, 3.05) is 0 Å². The highest BCUT2D eigenvalue weighted by molar-refractivity contribution is 6.03. The lowest BCUT2D eigenvalue weighted by Gasteiger charge is -2.20. The minimum atomic E-state index is -0.989. The van der Waals surface area contributed by atoms with E-state index in [1.807, 2.05) is 36.4 Å². The van der Waals surface area contributed by atoms with E-state index in [2.05, 4.69) is 0 Å². The Morgan fingerprint density at radius 3 is 2.44 bits per heavy atom. The number of carbonyl (C=O) groups excluding carboxylic acids is 1. The quantitative estimate of drug-likeness (QED) is 0.538. The highest BCUT2D eigenvalue weighted by atomic mass is 19.1. The van der Waals surface area contributed by atoms with Crippen LogP contribution in [0.3, 0.4) is 0 Å². The van der Waals surface area contributed by atoms with Crippen molar-refractivity contribution in [1.29, 1.82) is 5.26 Å². The molecule has 7 heteroatoms. The molecule has 6 nitrogen and oxygen atoms in total. The van der Waals surface area contributed by atoms with Gasteiger partial charge in [-0.1, -0.05) is 37.3 Å². The summed E-state index contributed by atoms with van der Waals surface area (Å²) in [6, 6.07) is 16.5. The van der Waals surface area contributed by atoms with Crippen LogP contribution in [-0.2, 0) is 13.0 Å². The number of pyridine rings is 1. The third-order valence-electron chi connectivity index (χ3n) is 5.27. The second-order valence-electron chi connectivity index (χ2n) is 7.34. The summed E-state index contributed by atoms with van der Waals surface area (Å²) in [7, 11) is 0. The van der Waals surface area contributed by atoms with Gasteiger partial charge >= 0.3 is 0 Å². The highest BCUT2D eigenvalue weighted by Crippen LogP contribution is 2.26. The molecule has 1 aromatic heterocycles. The van der Waals surface area contributed by atoms with E-state index in [1.165, 1.54) is 31.2 Å². The number of hydrogen-bond acceptors (Lipinski definition) is 5. The molecule has 0 fully saturated rings. The number of aryl methyl sites for hydroxylation is 1. The van der Waals surface area contributed by atoms with Gasteiger partial charge in [0.15, 0.2) is 6.10 Å². The summed E-state index contributed by atoms with van der Waals surface area (Å²) in [5.41, 5.74) is 0.0791. The smallest absolute Gasteiger partial charge is 0.271 e. The number of Topliss-reactive ketones (excluding diaryl/α,β-unsaturated/α-hetero) is 1. The fourth-order valence-corrected chi connectivity index (χ4v) is 3.50. The topological polar surface area (TPSA) is 92.3 Å². The average molecular weight is 434 g/mol. The Labute approximate surface area is 185 Å². The van der Waals surface area contributed by atoms with E-state index >= 15 is 0 Å². The summed E-state index contributed by atoms with van der Waals surface area (Å²) >= 11 is 0. The monoisotopic (exact) mass is 434 g/mol. The second-order valence-corrected chi connectivity index (χ2v) is 7.34. The van der Waals surface area contributed by atoms with Gasteiger partial charge in [-0.3, -0.25) is 14.2 Å². The summed E-state index contributed by atoms with van der Waals surface area (Å²) in [5, 5.41) is 20.4. The molecule has 0 aliphatic rings. The van der Waals surface area contributed by atoms with Crippen molar-refractivity contribution in [3.8, 4) is 17.7 Å². The molecule has 3 rings (SSSR count). The molecule has 32 heavy (non-hydrogen) atoms. The summed E-state index contributed by atoms with van der Waals surface area (Å²) in [4.78, 5) is 26.1. The van der Waals surface area contributed by atoms with Crippen LogP contribution in [0.5, 0.6) is 11.6 Å². The van der Waals surface area contributed by atoms with Crippen LogP contribution in [-0.4, -0.2) is 21.6 Å². The van der Waals surface area contributed by atoms with E-state index in [9.17, 15) is 24.3 Å². The third kappa shape index (κ3) is 4.70. The van der Waals surface area contributed by atoms with Gasteiger partial charge < -0.3 is 9.84 Å². The molecule has 0 amide bonds. The Morgan fingerprint density at radius 1 is 1.19 bits per heavy atom. The normalized spacial score (nSPS) is 11.6. The van der Waals surface area contributed by atoms with Crippen molar-refractivity contribution in [1.82, 2.24) is 4.57 Å². The van der Waals surface area contributed by atoms with Crippen molar-refractivity contribution in [3.63, 3.8) is 0 Å². The van der Waals surface area contributed by atoms with Crippen LogP contribution < -0.4 is 10.3 Å². The Bertz CT molecular complexity index is 1210. The average Bonchev–Trinajstić information content (AvgIpc) is 2.79. The van der Waals surface area contributed by atoms with E-state index in [0.717, 1.165) is 10.1 Å². The molecule has 0 saturated carbocycles. The molecule has 1 N–H and O–H groups in total. The number of ether oxygens (including phenoxy) is 1. The van der Waals surface area contributed by atoms with E-state index in [-0.39, 0.29) is 29.7 Å². The Balaban J connectivity index is 2.00. The minimum absolute atomic E-state index is 0.0968. The summed E-state index contributed by atoms with van der Waals surface area (Å²) < 4.78 is 19.9. The van der Waals surface area contributed by atoms with Crippen LogP contribution in [0.1, 0.15) is 40.4 Å². The van der Waals surface area contributed by atoms with Crippen molar-refractivity contribution >= 4 is 5.78 Å². The second kappa shape index (κ2) is 9.92. The zero-order chi connectivity index (χ0) is 23.3. The third-order valence-corrected chi connectivity index (χ3v) is 5.27. The summed E-state index contributed by atoms with van der Waals surface area (Å²) in [6.45, 7) is 3.29. The first-order valence-corrected chi connectivity index (χ1v) is 10.2. The fourth-order valence-electron chi connectivity index (χ4n) is 3.50. The molecular formula is C25H23FN2O4. The predicted molar refractivity (Wildman–Crippen MR) is 117 cm³/mol. The number of aromatic nitrogens is 1. The highest BCUT2D eigenvalue weighted by Gasteiger charge is 2.29. The molecule has 0 saturated heterocycles. The van der Waals surface area contributed by atoms with Gasteiger partial charge in [0, 0.05) is 6.54 Å². The SMILES string of the molecule is CCC(Oc1ccc(F)cc1)C(=O)c1c(C)c(C#N)c(=O)n(CCc2ccccc2)c1O. The molecule has 164 valence electrons. The maximum absolute atomic E-state index is 13.3. The number of ketones is 1. The molecule has 1 unspecified atom stereocenters. The number of benzene rings is 2. The van der Waals surface area contributed by atoms with Gasteiger partial charge in [0.25, 0.3) is 5.56 Å². The van der Waals surface area contributed by atoms with Gasteiger partial charge in [0.2, 0.25) is 11.7 Å². The Hall–Kier alpha value is -3.92. The number of carbonyl (C=O) groups is 1. The van der Waals surface area contributed by atoms with Crippen LogP contribution in [0.15, 0.2) is 59.4 Å². The van der Waals surface area contributed by atoms with Gasteiger partial charge in [0.05, 0.1) is 5.56 Å². The lowest BCUT2D eigenvalue weighted by molar-refractivity contribution is 0.0781. The van der Waals surface area contributed by atoms with Gasteiger partial charge in [-0.05, 0) is 55.2 Å². The first-order valence-electron chi connectivity index (χ1n) is 10.2. The maximum Gasteiger partial charge on any atom is 0.271 e. The van der Waals surface area contributed by atoms with Crippen LogP contribution in [0.2, 0.25) is 0 Å². The van der Waals surface area contributed by atoms with Crippen molar-refractivity contribution < 1.29 is 19.0 Å². The Morgan fingerprint density at radius 2 is 1.84 bits per heavy atom. The molecule has 1 heterocycles. The summed E-state index contributed by atoms with van der Waals surface area (Å²) in [6.07, 6.45) is -0.295. The molecule has 0 radical (unpaired) electrons. The number of nitrogens with zero attached hydrogens (tertiary/aromatic N) is 2. The van der Waals surface area contributed by atoms with Crippen LogP contribution >= 0.6 is 0 Å². The number of rotatable bonds is 8. The number of nitriles is 1. The molecule has 2 aromatic carbocycles. The first kappa shape index (κ1) is 22.8. The largest absolute Gasteiger partial charge is 0.494 e. The van der Waals surface area contributed by atoms with E-state index in [1.54, 1.807) is 6.92 Å². The van der Waals surface area contributed by atoms with Crippen LogP contribution in [0.25, 0.3) is 0 Å². The van der Waals surface area contributed by atoms with Crippen LogP contribution in [0.4, 0.5) is 4.39 Å². The van der Waals surface area contributed by atoms with Crippen LogP contribution in [0, 0.1) is 24.1 Å². The van der Waals surface area contributed by atoms with Gasteiger partial charge in [-0.2, -0.15) is 5.26 Å². The molecule has 0 bridgehead atoms. The molecule has 3 aromatic rings. The lowest BCUT2D eigenvalue weighted by atomic mass is 9.97. The summed E-state index contributed by atoms with van der Waals surface area (Å²) in [5.74, 6) is -1.19. The van der Waals surface area contributed by atoms with Gasteiger partial charge in [0.1, 0.15) is 23.2 Å².